The second-order valence-corrected chi connectivity index (χ2v) is 4.11. The fourth-order valence-electron chi connectivity index (χ4n) is 1.15. The van der Waals surface area contributed by atoms with Crippen LogP contribution in [0.5, 0.6) is 5.75 Å². The molecular weight excluding hydrogens is 284 g/mol. The third-order valence-corrected chi connectivity index (χ3v) is 2.60. The van der Waals surface area contributed by atoms with Gasteiger partial charge in [-0.1, -0.05) is 28.1 Å². The number of alkyl halides is 1. The summed E-state index contributed by atoms with van der Waals surface area (Å²) in [4.78, 5) is 10.9. The van der Waals surface area contributed by atoms with Crippen molar-refractivity contribution in [3.8, 4) is 5.75 Å². The molecule has 4 heteroatoms. The zero-order valence-corrected chi connectivity index (χ0v) is 11.3. The van der Waals surface area contributed by atoms with Crippen LogP contribution in [0.25, 0.3) is 6.08 Å². The van der Waals surface area contributed by atoms with Crippen LogP contribution in [0.3, 0.4) is 0 Å². The Kier molecular flexibility index (Phi) is 6.40. The predicted molar refractivity (Wildman–Crippen MR) is 71.4 cm³/mol. The van der Waals surface area contributed by atoms with Crippen molar-refractivity contribution >= 4 is 28.0 Å². The third kappa shape index (κ3) is 5.54. The fraction of sp³-hybridized carbons (Fsp3) is 0.308. The predicted octanol–water partition coefficient (Wildman–Crippen LogP) is 3.04. The zero-order valence-electron chi connectivity index (χ0n) is 9.69. The van der Waals surface area contributed by atoms with E-state index in [1.54, 1.807) is 6.08 Å². The number of rotatable bonds is 6. The molecule has 0 saturated heterocycles. The lowest BCUT2D eigenvalue weighted by Crippen LogP contribution is -1.97. The molecule has 0 saturated carbocycles. The molecule has 0 radical (unpaired) electrons. The minimum Gasteiger partial charge on any atom is -0.494 e. The van der Waals surface area contributed by atoms with Crippen LogP contribution in [-0.4, -0.2) is 25.0 Å². The van der Waals surface area contributed by atoms with E-state index in [1.165, 1.54) is 13.2 Å². The Bertz CT molecular complexity index is 371. The van der Waals surface area contributed by atoms with E-state index in [1.807, 2.05) is 24.3 Å². The van der Waals surface area contributed by atoms with Crippen molar-refractivity contribution < 1.29 is 14.3 Å². The van der Waals surface area contributed by atoms with Crippen LogP contribution in [0.2, 0.25) is 0 Å². The standard InChI is InChI=1S/C13H15BrO3/c1-16-13(15)8-5-11-3-6-12(7-4-11)17-10-2-9-14/h3-8H,2,9-10H2,1H3. The van der Waals surface area contributed by atoms with Gasteiger partial charge in [-0.25, -0.2) is 4.79 Å². The van der Waals surface area contributed by atoms with Gasteiger partial charge >= 0.3 is 5.97 Å². The summed E-state index contributed by atoms with van der Waals surface area (Å²) >= 11 is 3.34. The molecule has 0 atom stereocenters. The molecule has 1 rings (SSSR count). The molecule has 1 aromatic carbocycles. The lowest BCUT2D eigenvalue weighted by atomic mass is 10.2. The molecule has 0 fully saturated rings. The molecular formula is C13H15BrO3. The summed E-state index contributed by atoms with van der Waals surface area (Å²) in [6.07, 6.45) is 4.07. The molecule has 17 heavy (non-hydrogen) atoms. The first-order valence-corrected chi connectivity index (χ1v) is 6.43. The van der Waals surface area contributed by atoms with Gasteiger partial charge in [-0.3, -0.25) is 0 Å². The van der Waals surface area contributed by atoms with Crippen molar-refractivity contribution in [1.82, 2.24) is 0 Å². The van der Waals surface area contributed by atoms with E-state index in [0.29, 0.717) is 6.61 Å². The van der Waals surface area contributed by atoms with Crippen LogP contribution in [0.1, 0.15) is 12.0 Å². The Morgan fingerprint density at radius 1 is 1.35 bits per heavy atom. The largest absolute Gasteiger partial charge is 0.494 e. The van der Waals surface area contributed by atoms with E-state index in [-0.39, 0.29) is 5.97 Å². The number of halogens is 1. The van der Waals surface area contributed by atoms with Crippen LogP contribution in [0.15, 0.2) is 30.3 Å². The summed E-state index contributed by atoms with van der Waals surface area (Å²) < 4.78 is 10.0. The first kappa shape index (κ1) is 13.8. The average Bonchev–Trinajstić information content (AvgIpc) is 2.37. The first-order valence-electron chi connectivity index (χ1n) is 5.31. The second-order valence-electron chi connectivity index (χ2n) is 3.32. The highest BCUT2D eigenvalue weighted by molar-refractivity contribution is 9.09. The van der Waals surface area contributed by atoms with Gasteiger partial charge in [0, 0.05) is 11.4 Å². The summed E-state index contributed by atoms with van der Waals surface area (Å²) in [7, 11) is 1.35. The molecule has 0 N–H and O–H groups in total. The molecule has 0 aliphatic carbocycles. The molecule has 0 heterocycles. The Morgan fingerprint density at radius 2 is 2.06 bits per heavy atom. The molecule has 0 bridgehead atoms. The normalized spacial score (nSPS) is 10.5. The number of hydrogen-bond acceptors (Lipinski definition) is 3. The van der Waals surface area contributed by atoms with Crippen molar-refractivity contribution in [2.45, 2.75) is 6.42 Å². The summed E-state index contributed by atoms with van der Waals surface area (Å²) in [6.45, 7) is 0.697. The minimum absolute atomic E-state index is 0.359. The van der Waals surface area contributed by atoms with Crippen LogP contribution >= 0.6 is 15.9 Å². The number of hydrogen-bond donors (Lipinski definition) is 0. The summed E-state index contributed by atoms with van der Waals surface area (Å²) in [5.41, 5.74) is 0.934. The van der Waals surface area contributed by atoms with Gasteiger partial charge in [0.05, 0.1) is 13.7 Å². The second kappa shape index (κ2) is 7.90. The number of benzene rings is 1. The van der Waals surface area contributed by atoms with Gasteiger partial charge in [0.1, 0.15) is 5.75 Å². The molecule has 0 aliphatic rings. The molecule has 0 aromatic heterocycles. The summed E-state index contributed by atoms with van der Waals surface area (Å²) in [5.74, 6) is 0.476. The maximum Gasteiger partial charge on any atom is 0.330 e. The monoisotopic (exact) mass is 298 g/mol. The van der Waals surface area contributed by atoms with Gasteiger partial charge in [0.2, 0.25) is 0 Å². The smallest absolute Gasteiger partial charge is 0.330 e. The molecule has 0 amide bonds. The lowest BCUT2D eigenvalue weighted by molar-refractivity contribution is -0.134. The van der Waals surface area contributed by atoms with Crippen molar-refractivity contribution in [1.29, 1.82) is 0 Å². The van der Waals surface area contributed by atoms with E-state index < -0.39 is 0 Å². The van der Waals surface area contributed by atoms with Crippen LogP contribution in [0, 0.1) is 0 Å². The molecule has 0 spiro atoms. The van der Waals surface area contributed by atoms with E-state index in [9.17, 15) is 4.79 Å². The quantitative estimate of drug-likeness (QED) is 0.350. The number of carbonyl (C=O) groups excluding carboxylic acids is 1. The summed E-state index contributed by atoms with van der Waals surface area (Å²) in [5, 5.41) is 0.937. The Labute approximate surface area is 110 Å². The number of ether oxygens (including phenoxy) is 2. The van der Waals surface area contributed by atoms with Gasteiger partial charge in [-0.2, -0.15) is 0 Å². The molecule has 3 nitrogen and oxygen atoms in total. The Balaban J connectivity index is 2.50. The van der Waals surface area contributed by atoms with E-state index >= 15 is 0 Å². The fourth-order valence-corrected chi connectivity index (χ4v) is 1.38. The zero-order chi connectivity index (χ0) is 12.5. The van der Waals surface area contributed by atoms with Gasteiger partial charge in [-0.05, 0) is 30.2 Å². The molecule has 92 valence electrons. The van der Waals surface area contributed by atoms with Gasteiger partial charge in [-0.15, -0.1) is 0 Å². The van der Waals surface area contributed by atoms with Crippen molar-refractivity contribution in [3.05, 3.63) is 35.9 Å². The van der Waals surface area contributed by atoms with Crippen LogP contribution < -0.4 is 4.74 Å². The highest BCUT2D eigenvalue weighted by atomic mass is 79.9. The molecule has 0 unspecified atom stereocenters. The molecule has 0 aliphatic heterocycles. The van der Waals surface area contributed by atoms with Gasteiger partial charge < -0.3 is 9.47 Å². The topological polar surface area (TPSA) is 35.5 Å². The van der Waals surface area contributed by atoms with E-state index in [4.69, 9.17) is 4.74 Å². The SMILES string of the molecule is COC(=O)C=Cc1ccc(OCCCBr)cc1. The van der Waals surface area contributed by atoms with E-state index in [2.05, 4.69) is 20.7 Å². The Morgan fingerprint density at radius 3 is 2.65 bits per heavy atom. The van der Waals surface area contributed by atoms with Crippen LogP contribution in [0.4, 0.5) is 0 Å². The average molecular weight is 299 g/mol. The number of esters is 1. The highest BCUT2D eigenvalue weighted by Gasteiger charge is 1.95. The molecule has 1 aromatic rings. The number of methoxy groups -OCH3 is 1. The Hall–Kier alpha value is -1.29. The van der Waals surface area contributed by atoms with Gasteiger partial charge in [0.25, 0.3) is 0 Å². The number of carbonyl (C=O) groups is 1. The first-order chi connectivity index (χ1) is 8.26. The van der Waals surface area contributed by atoms with Crippen molar-refractivity contribution in [3.63, 3.8) is 0 Å². The maximum absolute atomic E-state index is 10.9. The third-order valence-electron chi connectivity index (χ3n) is 2.04. The summed E-state index contributed by atoms with van der Waals surface area (Å²) in [6, 6.07) is 7.54. The van der Waals surface area contributed by atoms with Gasteiger partial charge in [0.15, 0.2) is 0 Å². The highest BCUT2D eigenvalue weighted by Crippen LogP contribution is 2.13. The van der Waals surface area contributed by atoms with Crippen molar-refractivity contribution in [2.24, 2.45) is 0 Å². The maximum atomic E-state index is 10.9. The van der Waals surface area contributed by atoms with E-state index in [0.717, 1.165) is 23.1 Å². The van der Waals surface area contributed by atoms with Crippen LogP contribution in [-0.2, 0) is 9.53 Å². The van der Waals surface area contributed by atoms with Crippen molar-refractivity contribution in [2.75, 3.05) is 19.0 Å². The minimum atomic E-state index is -0.359. The lowest BCUT2D eigenvalue weighted by Gasteiger charge is -2.04.